The van der Waals surface area contributed by atoms with Crippen LogP contribution in [-0.4, -0.2) is 30.5 Å². The molecule has 2 rings (SSSR count). The van der Waals surface area contributed by atoms with Crippen LogP contribution < -0.4 is 10.1 Å². The van der Waals surface area contributed by atoms with Crippen molar-refractivity contribution in [1.29, 1.82) is 0 Å². The molecule has 0 spiro atoms. The zero-order valence-corrected chi connectivity index (χ0v) is 12.4. The molecule has 1 fully saturated rings. The minimum Gasteiger partial charge on any atom is -0.508 e. The maximum absolute atomic E-state index is 9.93. The number of hydrogen-bond acceptors (Lipinski definition) is 4. The van der Waals surface area contributed by atoms with Gasteiger partial charge >= 0.3 is 0 Å². The van der Waals surface area contributed by atoms with Gasteiger partial charge in [-0.25, -0.2) is 0 Å². The predicted molar refractivity (Wildman–Crippen MR) is 77.3 cm³/mol. The van der Waals surface area contributed by atoms with Crippen molar-refractivity contribution in [3.63, 3.8) is 0 Å². The standard InChI is InChI=1S/C14H21NO3.ClH/c1-14(2,3)18-10-4-5-13(16)11(8-10)12-9-17-7-6-15-12;/h4-5,8,12,15-16H,6-7,9H2,1-3H3;1H/t12-;/m1./s1. The Kier molecular flexibility index (Phi) is 5.47. The van der Waals surface area contributed by atoms with Gasteiger partial charge in [-0.3, -0.25) is 0 Å². The Labute approximate surface area is 120 Å². The molecule has 1 aliphatic heterocycles. The van der Waals surface area contributed by atoms with Crippen molar-refractivity contribution in [3.05, 3.63) is 23.8 Å². The van der Waals surface area contributed by atoms with Gasteiger partial charge in [0.15, 0.2) is 0 Å². The number of aromatic hydroxyl groups is 1. The fraction of sp³-hybridized carbons (Fsp3) is 0.571. The second kappa shape index (κ2) is 6.46. The maximum Gasteiger partial charge on any atom is 0.120 e. The Bertz CT molecular complexity index is 412. The third-order valence-electron chi connectivity index (χ3n) is 2.72. The normalized spacial score (nSPS) is 19.6. The lowest BCUT2D eigenvalue weighted by atomic mass is 10.0. The molecule has 5 heteroatoms. The van der Waals surface area contributed by atoms with E-state index >= 15 is 0 Å². The molecule has 2 N–H and O–H groups in total. The van der Waals surface area contributed by atoms with Gasteiger partial charge in [-0.05, 0) is 39.0 Å². The highest BCUT2D eigenvalue weighted by atomic mass is 35.5. The molecule has 1 aromatic carbocycles. The number of phenols is 1. The highest BCUT2D eigenvalue weighted by Gasteiger charge is 2.20. The van der Waals surface area contributed by atoms with Crippen molar-refractivity contribution in [2.75, 3.05) is 19.8 Å². The molecule has 0 aromatic heterocycles. The molecule has 19 heavy (non-hydrogen) atoms. The van der Waals surface area contributed by atoms with E-state index in [4.69, 9.17) is 9.47 Å². The highest BCUT2D eigenvalue weighted by Crippen LogP contribution is 2.31. The average Bonchev–Trinajstić information content (AvgIpc) is 2.31. The minimum atomic E-state index is -0.245. The first-order chi connectivity index (χ1) is 8.46. The Balaban J connectivity index is 0.00000180. The van der Waals surface area contributed by atoms with E-state index in [1.165, 1.54) is 0 Å². The fourth-order valence-corrected chi connectivity index (χ4v) is 1.99. The topological polar surface area (TPSA) is 50.7 Å². The van der Waals surface area contributed by atoms with Gasteiger partial charge in [0, 0.05) is 12.1 Å². The molecule has 0 unspecified atom stereocenters. The molecule has 0 bridgehead atoms. The second-order valence-electron chi connectivity index (χ2n) is 5.52. The predicted octanol–water partition coefficient (Wildman–Crippen LogP) is 2.65. The Hall–Kier alpha value is -0.970. The molecule has 108 valence electrons. The summed E-state index contributed by atoms with van der Waals surface area (Å²) in [4.78, 5) is 0. The Morgan fingerprint density at radius 2 is 2.11 bits per heavy atom. The van der Waals surface area contributed by atoms with Crippen molar-refractivity contribution in [2.24, 2.45) is 0 Å². The van der Waals surface area contributed by atoms with Gasteiger partial charge in [-0.2, -0.15) is 0 Å². The molecule has 4 nitrogen and oxygen atoms in total. The van der Waals surface area contributed by atoms with Crippen molar-refractivity contribution in [2.45, 2.75) is 32.4 Å². The molecule has 1 heterocycles. The number of phenolic OH excluding ortho intramolecular Hbond substituents is 1. The molecule has 1 aromatic rings. The SMILES string of the molecule is CC(C)(C)Oc1ccc(O)c([C@H]2COCCN2)c1.Cl. The van der Waals surface area contributed by atoms with Crippen molar-refractivity contribution in [3.8, 4) is 11.5 Å². The van der Waals surface area contributed by atoms with Crippen LogP contribution in [0.2, 0.25) is 0 Å². The summed E-state index contributed by atoms with van der Waals surface area (Å²) in [5.41, 5.74) is 0.585. The van der Waals surface area contributed by atoms with Crippen LogP contribution in [0, 0.1) is 0 Å². The van der Waals surface area contributed by atoms with Crippen LogP contribution in [0.4, 0.5) is 0 Å². The monoisotopic (exact) mass is 287 g/mol. The van der Waals surface area contributed by atoms with E-state index in [0.717, 1.165) is 24.5 Å². The molecule has 1 saturated heterocycles. The summed E-state index contributed by atoms with van der Waals surface area (Å²) in [6.07, 6.45) is 0. The molecule has 0 amide bonds. The van der Waals surface area contributed by atoms with E-state index in [-0.39, 0.29) is 29.8 Å². The van der Waals surface area contributed by atoms with Crippen LogP contribution in [0.1, 0.15) is 32.4 Å². The van der Waals surface area contributed by atoms with Crippen LogP contribution >= 0.6 is 12.4 Å². The first kappa shape index (κ1) is 16.1. The van der Waals surface area contributed by atoms with Gasteiger partial charge in [0.2, 0.25) is 0 Å². The van der Waals surface area contributed by atoms with E-state index in [1.54, 1.807) is 12.1 Å². The van der Waals surface area contributed by atoms with Crippen molar-refractivity contribution < 1.29 is 14.6 Å². The number of ether oxygens (including phenoxy) is 2. The third-order valence-corrected chi connectivity index (χ3v) is 2.72. The summed E-state index contributed by atoms with van der Waals surface area (Å²) >= 11 is 0. The second-order valence-corrected chi connectivity index (χ2v) is 5.52. The van der Waals surface area contributed by atoms with Crippen LogP contribution in [0.15, 0.2) is 18.2 Å². The number of halogens is 1. The summed E-state index contributed by atoms with van der Waals surface area (Å²) in [6.45, 7) is 8.10. The molecular weight excluding hydrogens is 266 g/mol. The summed E-state index contributed by atoms with van der Waals surface area (Å²) < 4.78 is 11.2. The summed E-state index contributed by atoms with van der Waals surface area (Å²) in [7, 11) is 0. The third kappa shape index (κ3) is 4.56. The molecular formula is C14H22ClNO3. The minimum absolute atomic E-state index is 0. The lowest BCUT2D eigenvalue weighted by molar-refractivity contribution is 0.0757. The van der Waals surface area contributed by atoms with Gasteiger partial charge in [0.25, 0.3) is 0 Å². The Morgan fingerprint density at radius 1 is 1.37 bits per heavy atom. The highest BCUT2D eigenvalue weighted by molar-refractivity contribution is 5.85. The number of nitrogens with one attached hydrogen (secondary N) is 1. The van der Waals surface area contributed by atoms with Crippen LogP contribution in [0.3, 0.4) is 0 Å². The lowest BCUT2D eigenvalue weighted by Gasteiger charge is -2.26. The molecule has 0 aliphatic carbocycles. The first-order valence-electron chi connectivity index (χ1n) is 6.29. The number of morpholine rings is 1. The Morgan fingerprint density at radius 3 is 2.68 bits per heavy atom. The summed E-state index contributed by atoms with van der Waals surface area (Å²) in [5.74, 6) is 1.04. The zero-order valence-electron chi connectivity index (χ0n) is 11.6. The van der Waals surface area contributed by atoms with E-state index < -0.39 is 0 Å². The van der Waals surface area contributed by atoms with Gasteiger partial charge in [-0.15, -0.1) is 12.4 Å². The van der Waals surface area contributed by atoms with E-state index in [1.807, 2.05) is 26.8 Å². The smallest absolute Gasteiger partial charge is 0.120 e. The summed E-state index contributed by atoms with van der Waals surface area (Å²) in [6, 6.07) is 5.37. The average molecular weight is 288 g/mol. The summed E-state index contributed by atoms with van der Waals surface area (Å²) in [5, 5.41) is 13.3. The number of hydrogen-bond donors (Lipinski definition) is 2. The number of rotatable bonds is 2. The van der Waals surface area contributed by atoms with Gasteiger partial charge in [-0.1, -0.05) is 0 Å². The van der Waals surface area contributed by atoms with Gasteiger partial charge in [0.1, 0.15) is 17.1 Å². The van der Waals surface area contributed by atoms with Crippen molar-refractivity contribution in [1.82, 2.24) is 5.32 Å². The fourth-order valence-electron chi connectivity index (χ4n) is 1.99. The van der Waals surface area contributed by atoms with E-state index in [9.17, 15) is 5.11 Å². The van der Waals surface area contributed by atoms with E-state index in [2.05, 4.69) is 5.32 Å². The first-order valence-corrected chi connectivity index (χ1v) is 6.29. The number of benzene rings is 1. The zero-order chi connectivity index (χ0) is 13.2. The molecule has 0 saturated carbocycles. The largest absolute Gasteiger partial charge is 0.508 e. The van der Waals surface area contributed by atoms with Crippen molar-refractivity contribution >= 4 is 12.4 Å². The molecule has 0 radical (unpaired) electrons. The quantitative estimate of drug-likeness (QED) is 0.878. The lowest BCUT2D eigenvalue weighted by Crippen LogP contribution is -2.34. The van der Waals surface area contributed by atoms with Crippen LogP contribution in [-0.2, 0) is 4.74 Å². The molecule has 1 aliphatic rings. The van der Waals surface area contributed by atoms with Crippen LogP contribution in [0.25, 0.3) is 0 Å². The van der Waals surface area contributed by atoms with Crippen LogP contribution in [0.5, 0.6) is 11.5 Å². The van der Waals surface area contributed by atoms with Gasteiger partial charge < -0.3 is 19.9 Å². The molecule has 1 atom stereocenters. The van der Waals surface area contributed by atoms with Gasteiger partial charge in [0.05, 0.1) is 19.3 Å². The maximum atomic E-state index is 9.93. The van der Waals surface area contributed by atoms with E-state index in [0.29, 0.717) is 6.61 Å².